The molecule has 0 aliphatic rings. The highest BCUT2D eigenvalue weighted by molar-refractivity contribution is 7.92. The Morgan fingerprint density at radius 3 is 2.36 bits per heavy atom. The molecule has 0 aliphatic carbocycles. The average Bonchev–Trinajstić information content (AvgIpc) is 2.62. The maximum Gasteiger partial charge on any atom is 0.326 e. The van der Waals surface area contributed by atoms with Gasteiger partial charge in [0.05, 0.1) is 22.2 Å². The summed E-state index contributed by atoms with van der Waals surface area (Å²) in [5.74, 6) is -1.81. The van der Waals surface area contributed by atoms with Crippen molar-refractivity contribution in [2.75, 3.05) is 22.8 Å². The van der Waals surface area contributed by atoms with E-state index in [1.165, 1.54) is 37.3 Å². The summed E-state index contributed by atoms with van der Waals surface area (Å²) in [7, 11) is -4.20. The Morgan fingerprint density at radius 2 is 1.82 bits per heavy atom. The topological polar surface area (TPSA) is 92.8 Å². The lowest BCUT2D eigenvalue weighted by Crippen LogP contribution is -2.36. The molecule has 0 radical (unpaired) electrons. The van der Waals surface area contributed by atoms with Gasteiger partial charge >= 0.3 is 5.97 Å². The quantitative estimate of drug-likeness (QED) is 0.683. The first-order valence-electron chi connectivity index (χ1n) is 8.16. The van der Waals surface area contributed by atoms with Crippen LogP contribution in [0.4, 0.5) is 15.8 Å². The molecule has 0 saturated carbocycles. The number of hydrogen-bond acceptors (Lipinski definition) is 5. The normalized spacial score (nSPS) is 11.0. The smallest absolute Gasteiger partial charge is 0.326 e. The standard InChI is InChI=1S/C18H18ClFN2O5S/c1-3-27-18(24)11-22(14-6-9-17(20)16(19)10-14)28(25,26)15-7-4-13(5-8-15)21-12(2)23/h4-10H,3,11H2,1-2H3,(H,21,23). The molecule has 2 aromatic carbocycles. The third-order valence-electron chi connectivity index (χ3n) is 3.53. The molecule has 0 atom stereocenters. The van der Waals surface area contributed by atoms with E-state index in [0.29, 0.717) is 5.69 Å². The van der Waals surface area contributed by atoms with Gasteiger partial charge in [-0.1, -0.05) is 11.6 Å². The van der Waals surface area contributed by atoms with E-state index < -0.39 is 28.4 Å². The molecule has 0 bridgehead atoms. The van der Waals surface area contributed by atoms with Gasteiger partial charge in [-0.15, -0.1) is 0 Å². The monoisotopic (exact) mass is 428 g/mol. The van der Waals surface area contributed by atoms with E-state index in [4.69, 9.17) is 16.3 Å². The Hall–Kier alpha value is -2.65. The van der Waals surface area contributed by atoms with Gasteiger partial charge in [-0.3, -0.25) is 13.9 Å². The zero-order valence-electron chi connectivity index (χ0n) is 15.1. The summed E-state index contributed by atoms with van der Waals surface area (Å²) in [6.07, 6.45) is 0. The molecule has 7 nitrogen and oxygen atoms in total. The predicted octanol–water partition coefficient (Wildman–Crippen LogP) is 3.20. The van der Waals surface area contributed by atoms with Crippen LogP contribution in [0.2, 0.25) is 5.02 Å². The summed E-state index contributed by atoms with van der Waals surface area (Å²) < 4.78 is 45.3. The number of halogens is 2. The first-order chi connectivity index (χ1) is 13.1. The number of hydrogen-bond donors (Lipinski definition) is 1. The van der Waals surface area contributed by atoms with Gasteiger partial charge in [0.25, 0.3) is 10.0 Å². The molecule has 0 spiro atoms. The van der Waals surface area contributed by atoms with Crippen LogP contribution >= 0.6 is 11.6 Å². The molecule has 0 heterocycles. The van der Waals surface area contributed by atoms with Crippen LogP contribution in [0.5, 0.6) is 0 Å². The number of carbonyl (C=O) groups is 2. The van der Waals surface area contributed by atoms with Crippen molar-refractivity contribution in [3.05, 3.63) is 53.3 Å². The number of amides is 1. The summed E-state index contributed by atoms with van der Waals surface area (Å²) in [5, 5.41) is 2.24. The summed E-state index contributed by atoms with van der Waals surface area (Å²) >= 11 is 5.77. The third kappa shape index (κ3) is 5.20. The van der Waals surface area contributed by atoms with Crippen LogP contribution in [0.25, 0.3) is 0 Å². The number of ether oxygens (including phenoxy) is 1. The second kappa shape index (κ2) is 9.03. The van der Waals surface area contributed by atoms with Crippen molar-refractivity contribution in [1.82, 2.24) is 0 Å². The number of benzene rings is 2. The number of anilines is 2. The van der Waals surface area contributed by atoms with Gasteiger partial charge in [-0.2, -0.15) is 0 Å². The Morgan fingerprint density at radius 1 is 1.18 bits per heavy atom. The third-order valence-corrected chi connectivity index (χ3v) is 5.61. The van der Waals surface area contributed by atoms with Crippen molar-refractivity contribution in [2.45, 2.75) is 18.7 Å². The van der Waals surface area contributed by atoms with Crippen LogP contribution in [0.1, 0.15) is 13.8 Å². The molecule has 1 amide bonds. The molecule has 0 aliphatic heterocycles. The molecule has 0 unspecified atom stereocenters. The number of nitrogens with one attached hydrogen (secondary N) is 1. The predicted molar refractivity (Wildman–Crippen MR) is 103 cm³/mol. The summed E-state index contributed by atoms with van der Waals surface area (Å²) in [4.78, 5) is 22.9. The minimum Gasteiger partial charge on any atom is -0.465 e. The molecule has 150 valence electrons. The Balaban J connectivity index is 2.46. The maximum absolute atomic E-state index is 13.5. The second-order valence-electron chi connectivity index (χ2n) is 5.62. The molecule has 10 heteroatoms. The molecule has 2 rings (SSSR count). The minimum atomic E-state index is -4.20. The van der Waals surface area contributed by atoms with Gasteiger partial charge in [0, 0.05) is 12.6 Å². The van der Waals surface area contributed by atoms with Gasteiger partial charge in [0.1, 0.15) is 12.4 Å². The van der Waals surface area contributed by atoms with Crippen molar-refractivity contribution >= 4 is 44.9 Å². The lowest BCUT2D eigenvalue weighted by atomic mass is 10.3. The molecule has 0 aromatic heterocycles. The van der Waals surface area contributed by atoms with E-state index in [1.54, 1.807) is 6.92 Å². The summed E-state index contributed by atoms with van der Waals surface area (Å²) in [6, 6.07) is 8.70. The molecular weight excluding hydrogens is 411 g/mol. The fraction of sp³-hybridized carbons (Fsp3) is 0.222. The van der Waals surface area contributed by atoms with Gasteiger partial charge in [-0.25, -0.2) is 12.8 Å². The van der Waals surface area contributed by atoms with Gasteiger partial charge in [0.2, 0.25) is 5.91 Å². The van der Waals surface area contributed by atoms with Gasteiger partial charge in [-0.05, 0) is 49.4 Å². The highest BCUT2D eigenvalue weighted by Crippen LogP contribution is 2.28. The van der Waals surface area contributed by atoms with Crippen LogP contribution in [0, 0.1) is 5.82 Å². The molecule has 0 saturated heterocycles. The van der Waals surface area contributed by atoms with Crippen molar-refractivity contribution < 1.29 is 27.1 Å². The fourth-order valence-corrected chi connectivity index (χ4v) is 3.90. The number of esters is 1. The van der Waals surface area contributed by atoms with Gasteiger partial charge in [0.15, 0.2) is 0 Å². The van der Waals surface area contributed by atoms with E-state index in [1.807, 2.05) is 0 Å². The first kappa shape index (κ1) is 21.6. The highest BCUT2D eigenvalue weighted by atomic mass is 35.5. The van der Waals surface area contributed by atoms with Crippen molar-refractivity contribution in [3.63, 3.8) is 0 Å². The Labute approximate surface area is 167 Å². The highest BCUT2D eigenvalue weighted by Gasteiger charge is 2.28. The first-order valence-corrected chi connectivity index (χ1v) is 9.98. The second-order valence-corrected chi connectivity index (χ2v) is 7.89. The number of sulfonamides is 1. The van der Waals surface area contributed by atoms with Crippen LogP contribution in [-0.2, 0) is 24.3 Å². The number of nitrogens with zero attached hydrogens (tertiary/aromatic N) is 1. The zero-order valence-corrected chi connectivity index (χ0v) is 16.7. The van der Waals surface area contributed by atoms with Crippen molar-refractivity contribution in [1.29, 1.82) is 0 Å². The molecular formula is C18H18ClFN2O5S. The molecule has 0 fully saturated rings. The number of rotatable bonds is 7. The Bertz CT molecular complexity index is 980. The SMILES string of the molecule is CCOC(=O)CN(c1ccc(F)c(Cl)c1)S(=O)(=O)c1ccc(NC(C)=O)cc1. The Kier molecular flexibility index (Phi) is 6.98. The number of carbonyl (C=O) groups excluding carboxylic acids is 2. The van der Waals surface area contributed by atoms with E-state index in [-0.39, 0.29) is 28.1 Å². The zero-order chi connectivity index (χ0) is 20.9. The van der Waals surface area contributed by atoms with Gasteiger partial charge < -0.3 is 10.1 Å². The maximum atomic E-state index is 13.5. The molecule has 1 N–H and O–H groups in total. The summed E-state index contributed by atoms with van der Waals surface area (Å²) in [6.45, 7) is 2.37. The van der Waals surface area contributed by atoms with Crippen LogP contribution in [0.3, 0.4) is 0 Å². The van der Waals surface area contributed by atoms with E-state index >= 15 is 0 Å². The van der Waals surface area contributed by atoms with Crippen LogP contribution < -0.4 is 9.62 Å². The lowest BCUT2D eigenvalue weighted by molar-refractivity contribution is -0.141. The van der Waals surface area contributed by atoms with Crippen molar-refractivity contribution in [2.24, 2.45) is 0 Å². The fourth-order valence-electron chi connectivity index (χ4n) is 2.32. The lowest BCUT2D eigenvalue weighted by Gasteiger charge is -2.24. The largest absolute Gasteiger partial charge is 0.465 e. The van der Waals surface area contributed by atoms with Crippen molar-refractivity contribution in [3.8, 4) is 0 Å². The van der Waals surface area contributed by atoms with Crippen LogP contribution in [0.15, 0.2) is 47.4 Å². The average molecular weight is 429 g/mol. The minimum absolute atomic E-state index is 0.00499. The van der Waals surface area contributed by atoms with E-state index in [0.717, 1.165) is 16.4 Å². The molecule has 28 heavy (non-hydrogen) atoms. The summed E-state index contributed by atoms with van der Waals surface area (Å²) in [5.41, 5.74) is 0.415. The van der Waals surface area contributed by atoms with Crippen LogP contribution in [-0.4, -0.2) is 33.4 Å². The molecule has 2 aromatic rings. The van der Waals surface area contributed by atoms with E-state index in [2.05, 4.69) is 5.32 Å². The van der Waals surface area contributed by atoms with E-state index in [9.17, 15) is 22.4 Å².